The van der Waals surface area contributed by atoms with Gasteiger partial charge in [0, 0.05) is 11.6 Å². The van der Waals surface area contributed by atoms with Crippen molar-refractivity contribution in [1.29, 1.82) is 0 Å². The highest BCUT2D eigenvalue weighted by Gasteiger charge is 2.20. The maximum Gasteiger partial charge on any atom is 0.292 e. The Balaban J connectivity index is 2.09. The molecule has 0 aliphatic rings. The molecule has 0 aliphatic heterocycles. The predicted molar refractivity (Wildman–Crippen MR) is 86.7 cm³/mol. The highest BCUT2D eigenvalue weighted by Crippen LogP contribution is 2.11. The van der Waals surface area contributed by atoms with E-state index in [9.17, 15) is 14.4 Å². The number of amides is 2. The number of hydrazine groups is 1. The minimum Gasteiger partial charge on any atom is -0.361 e. The molecule has 1 aromatic carbocycles. The average molecular weight is 327 g/mol. The fourth-order valence-electron chi connectivity index (χ4n) is 1.89. The van der Waals surface area contributed by atoms with E-state index in [-0.39, 0.29) is 12.2 Å². The molecule has 7 nitrogen and oxygen atoms in total. The molecular weight excluding hydrogens is 310 g/mol. The van der Waals surface area contributed by atoms with Crippen LogP contribution >= 0.6 is 0 Å². The van der Waals surface area contributed by atoms with E-state index in [1.165, 1.54) is 6.08 Å². The van der Waals surface area contributed by atoms with Crippen LogP contribution in [0.3, 0.4) is 0 Å². The molecule has 0 aliphatic carbocycles. The zero-order valence-corrected chi connectivity index (χ0v) is 13.4. The molecule has 0 saturated heterocycles. The van der Waals surface area contributed by atoms with Crippen molar-refractivity contribution >= 4 is 24.2 Å². The second kappa shape index (κ2) is 7.87. The van der Waals surface area contributed by atoms with Gasteiger partial charge < -0.3 is 9.32 Å². The lowest BCUT2D eigenvalue weighted by molar-refractivity contribution is -0.130. The third-order valence-electron chi connectivity index (χ3n) is 3.35. The van der Waals surface area contributed by atoms with Gasteiger partial charge in [0.25, 0.3) is 11.8 Å². The van der Waals surface area contributed by atoms with E-state index in [2.05, 4.69) is 10.6 Å². The molecule has 0 spiro atoms. The second-order valence-electron chi connectivity index (χ2n) is 5.01. The lowest BCUT2D eigenvalue weighted by Crippen LogP contribution is -2.46. The van der Waals surface area contributed by atoms with Gasteiger partial charge in [-0.1, -0.05) is 35.5 Å². The topological polar surface area (TPSA) is 92.5 Å². The van der Waals surface area contributed by atoms with Crippen LogP contribution in [0.15, 0.2) is 40.9 Å². The Morgan fingerprint density at radius 1 is 1.25 bits per heavy atom. The van der Waals surface area contributed by atoms with E-state index in [0.717, 1.165) is 10.6 Å². The molecule has 1 aromatic heterocycles. The maximum absolute atomic E-state index is 12.2. The van der Waals surface area contributed by atoms with Crippen molar-refractivity contribution in [3.05, 3.63) is 59.0 Å². The van der Waals surface area contributed by atoms with Crippen LogP contribution in [0, 0.1) is 13.8 Å². The normalized spacial score (nSPS) is 10.6. The second-order valence-corrected chi connectivity index (χ2v) is 5.01. The van der Waals surface area contributed by atoms with Gasteiger partial charge in [-0.15, -0.1) is 0 Å². The summed E-state index contributed by atoms with van der Waals surface area (Å²) in [5, 5.41) is 4.56. The quantitative estimate of drug-likeness (QED) is 0.512. The van der Waals surface area contributed by atoms with Crippen molar-refractivity contribution in [2.24, 2.45) is 0 Å². The highest BCUT2D eigenvalue weighted by atomic mass is 16.5. The molecule has 0 atom stereocenters. The first kappa shape index (κ1) is 17.1. The van der Waals surface area contributed by atoms with Crippen LogP contribution in [-0.2, 0) is 9.59 Å². The van der Waals surface area contributed by atoms with Crippen molar-refractivity contribution in [3.8, 4) is 0 Å². The van der Waals surface area contributed by atoms with Crippen LogP contribution in [0.25, 0.3) is 6.08 Å². The molecule has 0 radical (unpaired) electrons. The number of carbonyl (C=O) groups is 3. The molecule has 0 saturated carbocycles. The Hall–Kier alpha value is -3.22. The van der Waals surface area contributed by atoms with Gasteiger partial charge in [0.1, 0.15) is 12.0 Å². The Morgan fingerprint density at radius 2 is 1.96 bits per heavy atom. The largest absolute Gasteiger partial charge is 0.361 e. The number of nitrogens with one attached hydrogen (secondary N) is 1. The summed E-state index contributed by atoms with van der Waals surface area (Å²) in [5.74, 6) is -0.637. The van der Waals surface area contributed by atoms with Gasteiger partial charge in [-0.2, -0.15) is 0 Å². The third-order valence-corrected chi connectivity index (χ3v) is 3.35. The number of nitrogens with zero attached hydrogens (tertiary/aromatic N) is 2. The van der Waals surface area contributed by atoms with Crippen LogP contribution in [0.5, 0.6) is 0 Å². The van der Waals surface area contributed by atoms with E-state index < -0.39 is 11.8 Å². The van der Waals surface area contributed by atoms with Crippen molar-refractivity contribution in [2.75, 3.05) is 6.54 Å². The summed E-state index contributed by atoms with van der Waals surface area (Å²) >= 11 is 0. The summed E-state index contributed by atoms with van der Waals surface area (Å²) in [6, 6.07) is 9.19. The third kappa shape index (κ3) is 4.16. The van der Waals surface area contributed by atoms with Crippen molar-refractivity contribution < 1.29 is 18.9 Å². The van der Waals surface area contributed by atoms with Crippen molar-refractivity contribution in [2.45, 2.75) is 13.8 Å². The smallest absolute Gasteiger partial charge is 0.292 e. The predicted octanol–water partition coefficient (Wildman–Crippen LogP) is 1.68. The Bertz CT molecular complexity index is 765. The minimum absolute atomic E-state index is 0.0724. The molecule has 2 amide bonds. The van der Waals surface area contributed by atoms with Crippen molar-refractivity contribution in [1.82, 2.24) is 15.6 Å². The summed E-state index contributed by atoms with van der Waals surface area (Å²) in [6.07, 6.45) is 3.40. The van der Waals surface area contributed by atoms with E-state index in [4.69, 9.17) is 4.52 Å². The number of carbonyl (C=O) groups excluding carboxylic acids is 3. The summed E-state index contributed by atoms with van der Waals surface area (Å²) in [7, 11) is 0. The molecular formula is C17H17N3O4. The summed E-state index contributed by atoms with van der Waals surface area (Å²) in [4.78, 5) is 35.1. The van der Waals surface area contributed by atoms with Gasteiger partial charge in [-0.05, 0) is 25.5 Å². The van der Waals surface area contributed by atoms with Crippen LogP contribution in [-0.4, -0.2) is 34.8 Å². The lowest BCUT2D eigenvalue weighted by Gasteiger charge is -2.18. The van der Waals surface area contributed by atoms with E-state index in [1.54, 1.807) is 19.9 Å². The van der Waals surface area contributed by atoms with Crippen LogP contribution in [0.1, 0.15) is 27.4 Å². The molecule has 1 N–H and O–H groups in total. The maximum atomic E-state index is 12.2. The number of hydrogen-bond donors (Lipinski definition) is 1. The molecule has 0 unspecified atom stereocenters. The molecule has 124 valence electrons. The zero-order valence-electron chi connectivity index (χ0n) is 13.4. The molecule has 0 bridgehead atoms. The van der Waals surface area contributed by atoms with Gasteiger partial charge in [-0.25, -0.2) is 5.01 Å². The van der Waals surface area contributed by atoms with Crippen LogP contribution < -0.4 is 5.43 Å². The lowest BCUT2D eigenvalue weighted by atomic mass is 10.2. The van der Waals surface area contributed by atoms with E-state index >= 15 is 0 Å². The fraction of sp³-hybridized carbons (Fsp3) is 0.176. The molecule has 7 heteroatoms. The number of aromatic nitrogens is 1. The summed E-state index contributed by atoms with van der Waals surface area (Å²) in [5.41, 5.74) is 3.84. The van der Waals surface area contributed by atoms with Gasteiger partial charge in [0.2, 0.25) is 0 Å². The minimum atomic E-state index is -0.618. The van der Waals surface area contributed by atoms with Gasteiger partial charge in [0.05, 0.1) is 6.54 Å². The SMILES string of the molecule is Cc1onc(C(=O)NN(CC=O)C(=O)/C=C/c2ccccc2)c1C. The first-order valence-corrected chi connectivity index (χ1v) is 7.25. The number of aryl methyl sites for hydroxylation is 1. The average Bonchev–Trinajstić information content (AvgIpc) is 2.92. The number of benzene rings is 1. The van der Waals surface area contributed by atoms with E-state index in [0.29, 0.717) is 17.6 Å². The molecule has 0 fully saturated rings. The summed E-state index contributed by atoms with van der Waals surface area (Å²) < 4.78 is 4.93. The Labute approximate surface area is 138 Å². The van der Waals surface area contributed by atoms with Crippen molar-refractivity contribution in [3.63, 3.8) is 0 Å². The number of aldehydes is 1. The van der Waals surface area contributed by atoms with Gasteiger partial charge >= 0.3 is 0 Å². The molecule has 2 aromatic rings. The highest BCUT2D eigenvalue weighted by molar-refractivity contribution is 5.98. The summed E-state index contributed by atoms with van der Waals surface area (Å²) in [6.45, 7) is 3.08. The molecule has 24 heavy (non-hydrogen) atoms. The standard InChI is InChI=1S/C17H17N3O4/c1-12-13(2)24-19-16(12)17(23)18-20(10-11-21)15(22)9-8-14-6-4-3-5-7-14/h3-9,11H,10H2,1-2H3,(H,18,23)/b9-8+. The van der Waals surface area contributed by atoms with E-state index in [1.807, 2.05) is 30.3 Å². The van der Waals surface area contributed by atoms with Gasteiger partial charge in [-0.3, -0.25) is 15.0 Å². The zero-order chi connectivity index (χ0) is 17.5. The first-order chi connectivity index (χ1) is 11.5. The molecule has 1 heterocycles. The molecule has 2 rings (SSSR count). The Morgan fingerprint density at radius 3 is 2.54 bits per heavy atom. The monoisotopic (exact) mass is 327 g/mol. The fourth-order valence-corrected chi connectivity index (χ4v) is 1.89. The number of rotatable bonds is 5. The number of hydrogen-bond acceptors (Lipinski definition) is 5. The van der Waals surface area contributed by atoms with Gasteiger partial charge in [0.15, 0.2) is 5.69 Å². The van der Waals surface area contributed by atoms with Crippen LogP contribution in [0.4, 0.5) is 0 Å². The van der Waals surface area contributed by atoms with Crippen LogP contribution in [0.2, 0.25) is 0 Å². The first-order valence-electron chi connectivity index (χ1n) is 7.25. The Kier molecular flexibility index (Phi) is 5.62.